The molecule has 0 aliphatic carbocycles. The van der Waals surface area contributed by atoms with Gasteiger partial charge < -0.3 is 9.84 Å². The summed E-state index contributed by atoms with van der Waals surface area (Å²) in [7, 11) is 1.60. The number of aromatic nitrogens is 2. The van der Waals surface area contributed by atoms with Gasteiger partial charge in [-0.15, -0.1) is 0 Å². The average Bonchev–Trinajstić information content (AvgIpc) is 2.14. The number of hydrogen-bond acceptors (Lipinski definition) is 4. The molecule has 1 rings (SSSR count). The van der Waals surface area contributed by atoms with E-state index in [9.17, 15) is 5.11 Å². The van der Waals surface area contributed by atoms with Gasteiger partial charge in [0.15, 0.2) is 0 Å². The topological polar surface area (TPSA) is 55.2 Å². The molecule has 1 N–H and O–H groups in total. The minimum atomic E-state index is 0.0261. The fraction of sp³-hybridized carbons (Fsp3) is 0.600. The predicted octanol–water partition coefficient (Wildman–Crippen LogP) is 1.67. The standard InChI is InChI=1S/C10H16N2O2/c1-3-4-5-9-11-8(7-14-2)6-10(13)12-9/h6H,3-5,7H2,1-2H3,(H,11,12,13). The Morgan fingerprint density at radius 2 is 2.21 bits per heavy atom. The van der Waals surface area contributed by atoms with E-state index >= 15 is 0 Å². The summed E-state index contributed by atoms with van der Waals surface area (Å²) in [5.74, 6) is 0.719. The fourth-order valence-corrected chi connectivity index (χ4v) is 1.21. The van der Waals surface area contributed by atoms with Crippen LogP contribution >= 0.6 is 0 Å². The Bertz CT molecular complexity index is 289. The molecule has 0 saturated heterocycles. The highest BCUT2D eigenvalue weighted by molar-refractivity contribution is 5.14. The van der Waals surface area contributed by atoms with E-state index in [1.807, 2.05) is 0 Å². The Kier molecular flexibility index (Phi) is 4.32. The smallest absolute Gasteiger partial charge is 0.214 e. The first-order valence-corrected chi connectivity index (χ1v) is 4.81. The molecule has 0 aromatic carbocycles. The van der Waals surface area contributed by atoms with Crippen molar-refractivity contribution in [2.24, 2.45) is 0 Å². The van der Waals surface area contributed by atoms with Crippen LogP contribution in [-0.2, 0) is 17.8 Å². The fourth-order valence-electron chi connectivity index (χ4n) is 1.21. The summed E-state index contributed by atoms with van der Waals surface area (Å²) in [6, 6.07) is 1.53. The van der Waals surface area contributed by atoms with Gasteiger partial charge in [-0.05, 0) is 6.42 Å². The lowest BCUT2D eigenvalue weighted by Crippen LogP contribution is -2.00. The Balaban J connectivity index is 2.73. The van der Waals surface area contributed by atoms with Crippen molar-refractivity contribution in [3.8, 4) is 5.88 Å². The molecule has 0 saturated carbocycles. The van der Waals surface area contributed by atoms with E-state index in [1.54, 1.807) is 7.11 Å². The molecule has 0 spiro atoms. The third-order valence-corrected chi connectivity index (χ3v) is 1.86. The molecule has 0 aliphatic heterocycles. The minimum Gasteiger partial charge on any atom is -0.493 e. The quantitative estimate of drug-likeness (QED) is 0.778. The van der Waals surface area contributed by atoms with Crippen LogP contribution in [0.2, 0.25) is 0 Å². The normalized spacial score (nSPS) is 10.4. The molecule has 14 heavy (non-hydrogen) atoms. The lowest BCUT2D eigenvalue weighted by molar-refractivity contribution is 0.180. The van der Waals surface area contributed by atoms with Gasteiger partial charge in [0.05, 0.1) is 12.3 Å². The van der Waals surface area contributed by atoms with Crippen LogP contribution in [0, 0.1) is 0 Å². The van der Waals surface area contributed by atoms with E-state index in [0.29, 0.717) is 12.4 Å². The molecule has 1 aromatic rings. The first-order valence-electron chi connectivity index (χ1n) is 4.81. The molecule has 1 aromatic heterocycles. The summed E-state index contributed by atoms with van der Waals surface area (Å²) < 4.78 is 4.94. The Morgan fingerprint density at radius 1 is 1.43 bits per heavy atom. The highest BCUT2D eigenvalue weighted by Gasteiger charge is 2.02. The molecule has 0 unspecified atom stereocenters. The Labute approximate surface area is 84.0 Å². The molecular formula is C10H16N2O2. The number of unbranched alkanes of at least 4 members (excludes halogenated alkanes) is 1. The van der Waals surface area contributed by atoms with Crippen molar-refractivity contribution in [1.82, 2.24) is 9.97 Å². The van der Waals surface area contributed by atoms with Crippen molar-refractivity contribution in [2.75, 3.05) is 7.11 Å². The van der Waals surface area contributed by atoms with Crippen LogP contribution in [0.1, 0.15) is 31.3 Å². The number of methoxy groups -OCH3 is 1. The van der Waals surface area contributed by atoms with Crippen LogP contribution in [0.15, 0.2) is 6.07 Å². The molecule has 0 aliphatic rings. The van der Waals surface area contributed by atoms with Gasteiger partial charge in [-0.3, -0.25) is 0 Å². The largest absolute Gasteiger partial charge is 0.493 e. The van der Waals surface area contributed by atoms with E-state index in [4.69, 9.17) is 4.74 Å². The highest BCUT2D eigenvalue weighted by atomic mass is 16.5. The highest BCUT2D eigenvalue weighted by Crippen LogP contribution is 2.09. The monoisotopic (exact) mass is 196 g/mol. The summed E-state index contributed by atoms with van der Waals surface area (Å²) in [6.07, 6.45) is 2.94. The van der Waals surface area contributed by atoms with Gasteiger partial charge in [0.2, 0.25) is 5.88 Å². The Morgan fingerprint density at radius 3 is 2.86 bits per heavy atom. The van der Waals surface area contributed by atoms with Crippen molar-refractivity contribution >= 4 is 0 Å². The van der Waals surface area contributed by atoms with Crippen LogP contribution in [0.5, 0.6) is 5.88 Å². The number of aryl methyl sites for hydroxylation is 1. The van der Waals surface area contributed by atoms with Gasteiger partial charge >= 0.3 is 0 Å². The first-order chi connectivity index (χ1) is 6.76. The molecule has 0 fully saturated rings. The van der Waals surface area contributed by atoms with Crippen molar-refractivity contribution in [2.45, 2.75) is 32.8 Å². The second kappa shape index (κ2) is 5.54. The second-order valence-electron chi connectivity index (χ2n) is 3.17. The van der Waals surface area contributed by atoms with Crippen LogP contribution in [0.4, 0.5) is 0 Å². The third-order valence-electron chi connectivity index (χ3n) is 1.86. The third kappa shape index (κ3) is 3.30. The van der Waals surface area contributed by atoms with Gasteiger partial charge in [0, 0.05) is 19.6 Å². The summed E-state index contributed by atoms with van der Waals surface area (Å²) >= 11 is 0. The first kappa shape index (κ1) is 10.9. The van der Waals surface area contributed by atoms with Crippen LogP contribution in [-0.4, -0.2) is 22.2 Å². The molecule has 4 heteroatoms. The maximum Gasteiger partial charge on any atom is 0.214 e. The number of hydrogen-bond donors (Lipinski definition) is 1. The second-order valence-corrected chi connectivity index (χ2v) is 3.17. The van der Waals surface area contributed by atoms with Crippen molar-refractivity contribution in [3.05, 3.63) is 17.6 Å². The van der Waals surface area contributed by atoms with Crippen LogP contribution in [0.3, 0.4) is 0 Å². The van der Waals surface area contributed by atoms with Crippen molar-refractivity contribution in [1.29, 1.82) is 0 Å². The van der Waals surface area contributed by atoms with Crippen molar-refractivity contribution in [3.63, 3.8) is 0 Å². The molecule has 0 radical (unpaired) electrons. The zero-order valence-corrected chi connectivity index (χ0v) is 8.66. The van der Waals surface area contributed by atoms with Crippen LogP contribution in [0.25, 0.3) is 0 Å². The lowest BCUT2D eigenvalue weighted by Gasteiger charge is -2.03. The van der Waals surface area contributed by atoms with E-state index < -0.39 is 0 Å². The Hall–Kier alpha value is -1.16. The van der Waals surface area contributed by atoms with Gasteiger partial charge in [-0.25, -0.2) is 4.98 Å². The number of rotatable bonds is 5. The van der Waals surface area contributed by atoms with Gasteiger partial charge in [0.25, 0.3) is 0 Å². The van der Waals surface area contributed by atoms with Crippen LogP contribution < -0.4 is 0 Å². The maximum absolute atomic E-state index is 9.31. The van der Waals surface area contributed by atoms with Gasteiger partial charge in [0.1, 0.15) is 5.82 Å². The van der Waals surface area contributed by atoms with Gasteiger partial charge in [-0.1, -0.05) is 13.3 Å². The number of ether oxygens (including phenoxy) is 1. The van der Waals surface area contributed by atoms with E-state index in [0.717, 1.165) is 25.0 Å². The molecule has 0 bridgehead atoms. The molecule has 1 heterocycles. The summed E-state index contributed by atoms with van der Waals surface area (Å²) in [6.45, 7) is 2.52. The SMILES string of the molecule is CCCCc1nc(O)cc(COC)n1. The minimum absolute atomic E-state index is 0.0261. The van der Waals surface area contributed by atoms with E-state index in [2.05, 4.69) is 16.9 Å². The predicted molar refractivity (Wildman–Crippen MR) is 53.0 cm³/mol. The molecular weight excluding hydrogens is 180 g/mol. The van der Waals surface area contributed by atoms with Crippen molar-refractivity contribution < 1.29 is 9.84 Å². The molecule has 4 nitrogen and oxygen atoms in total. The molecule has 0 atom stereocenters. The summed E-state index contributed by atoms with van der Waals surface area (Å²) in [5, 5.41) is 9.31. The molecule has 78 valence electrons. The number of nitrogens with zero attached hydrogens (tertiary/aromatic N) is 2. The summed E-state index contributed by atoms with van der Waals surface area (Å²) in [5.41, 5.74) is 0.728. The molecule has 0 amide bonds. The average molecular weight is 196 g/mol. The number of aromatic hydroxyl groups is 1. The summed E-state index contributed by atoms with van der Waals surface area (Å²) in [4.78, 5) is 8.21. The zero-order valence-electron chi connectivity index (χ0n) is 8.66. The zero-order chi connectivity index (χ0) is 10.4. The lowest BCUT2D eigenvalue weighted by atomic mass is 10.2. The van der Waals surface area contributed by atoms with Gasteiger partial charge in [-0.2, -0.15) is 4.98 Å². The van der Waals surface area contributed by atoms with E-state index in [-0.39, 0.29) is 5.88 Å². The van der Waals surface area contributed by atoms with E-state index in [1.165, 1.54) is 6.07 Å². The maximum atomic E-state index is 9.31.